The lowest BCUT2D eigenvalue weighted by molar-refractivity contribution is -0.133. The van der Waals surface area contributed by atoms with Gasteiger partial charge in [-0.2, -0.15) is 0 Å². The average molecular weight is 515 g/mol. The Hall–Kier alpha value is -3.73. The molecule has 2 aliphatic rings. The Bertz CT molecular complexity index is 1150. The van der Waals surface area contributed by atoms with E-state index in [1.54, 1.807) is 11.0 Å². The number of anilines is 2. The number of carbonyl (C=O) groups is 4. The van der Waals surface area contributed by atoms with Crippen LogP contribution in [-0.4, -0.2) is 61.9 Å². The maximum Gasteiger partial charge on any atom is 0.287 e. The van der Waals surface area contributed by atoms with E-state index in [1.165, 1.54) is 37.6 Å². The molecule has 0 radical (unpaired) electrons. The van der Waals surface area contributed by atoms with Gasteiger partial charge in [-0.05, 0) is 49.6 Å². The molecule has 1 aliphatic carbocycles. The molecule has 2 fully saturated rings. The third kappa shape index (κ3) is 6.16. The summed E-state index contributed by atoms with van der Waals surface area (Å²) >= 11 is 0. The van der Waals surface area contributed by atoms with Crippen LogP contribution in [0.15, 0.2) is 41.0 Å². The van der Waals surface area contributed by atoms with Crippen LogP contribution in [0.2, 0.25) is 0 Å². The maximum atomic E-state index is 13.9. The monoisotopic (exact) mass is 514 g/mol. The van der Waals surface area contributed by atoms with Crippen LogP contribution in [0.3, 0.4) is 0 Å². The molecular formula is C26H31FN4O6. The van der Waals surface area contributed by atoms with E-state index in [9.17, 15) is 23.6 Å². The van der Waals surface area contributed by atoms with Crippen LogP contribution < -0.4 is 20.9 Å². The van der Waals surface area contributed by atoms with Gasteiger partial charge in [0.25, 0.3) is 5.91 Å². The Labute approximate surface area is 213 Å². The van der Waals surface area contributed by atoms with Crippen molar-refractivity contribution in [1.82, 2.24) is 10.6 Å². The zero-order valence-corrected chi connectivity index (χ0v) is 20.7. The molecule has 1 aromatic carbocycles. The fourth-order valence-corrected chi connectivity index (χ4v) is 4.93. The van der Waals surface area contributed by atoms with Gasteiger partial charge in [0.2, 0.25) is 11.8 Å². The van der Waals surface area contributed by atoms with Gasteiger partial charge in [-0.3, -0.25) is 19.2 Å². The normalized spacial score (nSPS) is 19.2. The van der Waals surface area contributed by atoms with Gasteiger partial charge in [0.15, 0.2) is 11.5 Å². The first-order valence-electron chi connectivity index (χ1n) is 12.3. The van der Waals surface area contributed by atoms with Crippen molar-refractivity contribution in [2.75, 3.05) is 37.0 Å². The molecule has 0 spiro atoms. The van der Waals surface area contributed by atoms with Gasteiger partial charge in [-0.25, -0.2) is 4.39 Å². The van der Waals surface area contributed by atoms with Gasteiger partial charge in [-0.1, -0.05) is 19.3 Å². The zero-order valence-electron chi connectivity index (χ0n) is 20.7. The minimum atomic E-state index is -1.12. The fraction of sp³-hybridized carbons (Fsp3) is 0.462. The number of carbonyl (C=O) groups excluding carboxylic acids is 4. The number of furan rings is 1. The second kappa shape index (κ2) is 11.5. The number of benzene rings is 1. The molecule has 4 rings (SSSR count). The number of Topliss-reactive ketones (excluding diaryl/α,β-unsaturated/α-hetero) is 1. The highest BCUT2D eigenvalue weighted by Crippen LogP contribution is 2.31. The smallest absolute Gasteiger partial charge is 0.287 e. The number of ether oxygens (including phenoxy) is 1. The molecule has 2 heterocycles. The van der Waals surface area contributed by atoms with E-state index in [-0.39, 0.29) is 36.3 Å². The van der Waals surface area contributed by atoms with Crippen LogP contribution >= 0.6 is 0 Å². The lowest BCUT2D eigenvalue weighted by Gasteiger charge is -2.39. The van der Waals surface area contributed by atoms with Gasteiger partial charge in [-0.15, -0.1) is 0 Å². The highest BCUT2D eigenvalue weighted by molar-refractivity contribution is 6.00. The molecule has 10 nitrogen and oxygen atoms in total. The number of hydrogen-bond donors (Lipinski definition) is 3. The molecule has 1 aliphatic heterocycles. The van der Waals surface area contributed by atoms with Gasteiger partial charge < -0.3 is 30.0 Å². The quantitative estimate of drug-likeness (QED) is 0.493. The standard InChI is InChI=1S/C26H31FN4O6/c1-36-16-23(33)28-19-14-17(27)7-8-20(19)31-12-9-18(21(32)15-31)29-25(35)26(10-3-2-4-11-26)30-24(34)22-6-5-13-37-22/h5-8,13-14,18H,2-4,9-12,15-16H2,1H3,(H,28,33)(H,29,35)(H,30,34). The lowest BCUT2D eigenvalue weighted by Crippen LogP contribution is -2.63. The molecule has 3 amide bonds. The molecule has 198 valence electrons. The summed E-state index contributed by atoms with van der Waals surface area (Å²) in [5, 5.41) is 8.34. The molecule has 11 heteroatoms. The Kier molecular flexibility index (Phi) is 8.22. The van der Waals surface area contributed by atoms with Crippen molar-refractivity contribution in [2.24, 2.45) is 0 Å². The number of amides is 3. The first-order chi connectivity index (χ1) is 17.8. The molecule has 1 atom stereocenters. The van der Waals surface area contributed by atoms with E-state index >= 15 is 0 Å². The predicted molar refractivity (Wildman–Crippen MR) is 133 cm³/mol. The Morgan fingerprint density at radius 2 is 1.97 bits per heavy atom. The molecule has 1 aromatic heterocycles. The topological polar surface area (TPSA) is 130 Å². The van der Waals surface area contributed by atoms with Crippen molar-refractivity contribution in [1.29, 1.82) is 0 Å². The van der Waals surface area contributed by atoms with E-state index in [0.29, 0.717) is 31.5 Å². The molecule has 1 saturated heterocycles. The molecule has 3 N–H and O–H groups in total. The summed E-state index contributed by atoms with van der Waals surface area (Å²) < 4.78 is 23.9. The van der Waals surface area contributed by atoms with Gasteiger partial charge >= 0.3 is 0 Å². The van der Waals surface area contributed by atoms with Crippen molar-refractivity contribution in [3.63, 3.8) is 0 Å². The molecule has 1 saturated carbocycles. The number of rotatable bonds is 8. The van der Waals surface area contributed by atoms with E-state index in [0.717, 1.165) is 19.3 Å². The van der Waals surface area contributed by atoms with Crippen LogP contribution in [0.4, 0.5) is 15.8 Å². The zero-order chi connectivity index (χ0) is 26.4. The summed E-state index contributed by atoms with van der Waals surface area (Å²) in [5.74, 6) is -1.93. The first kappa shape index (κ1) is 26.3. The number of hydrogen-bond acceptors (Lipinski definition) is 7. The van der Waals surface area contributed by atoms with Crippen molar-refractivity contribution in [2.45, 2.75) is 50.1 Å². The summed E-state index contributed by atoms with van der Waals surface area (Å²) in [5.41, 5.74) is -0.382. The summed E-state index contributed by atoms with van der Waals surface area (Å²) in [4.78, 5) is 52.9. The van der Waals surface area contributed by atoms with Crippen LogP contribution in [0.5, 0.6) is 0 Å². The third-order valence-electron chi connectivity index (χ3n) is 6.82. The van der Waals surface area contributed by atoms with Crippen molar-refractivity contribution in [3.8, 4) is 0 Å². The summed E-state index contributed by atoms with van der Waals surface area (Å²) in [6.07, 6.45) is 5.17. The largest absolute Gasteiger partial charge is 0.459 e. The fourth-order valence-electron chi connectivity index (χ4n) is 4.93. The molecule has 1 unspecified atom stereocenters. The van der Waals surface area contributed by atoms with E-state index in [4.69, 9.17) is 9.15 Å². The van der Waals surface area contributed by atoms with Crippen LogP contribution in [0.1, 0.15) is 49.1 Å². The van der Waals surface area contributed by atoms with E-state index < -0.39 is 29.2 Å². The SMILES string of the molecule is COCC(=O)Nc1cc(F)ccc1N1CCC(NC(=O)C2(NC(=O)c3ccco3)CCCCC2)C(=O)C1. The van der Waals surface area contributed by atoms with Crippen LogP contribution in [0.25, 0.3) is 0 Å². The number of nitrogens with one attached hydrogen (secondary N) is 3. The number of halogens is 1. The highest BCUT2D eigenvalue weighted by Gasteiger charge is 2.43. The number of nitrogens with zero attached hydrogens (tertiary/aromatic N) is 1. The Morgan fingerprint density at radius 1 is 1.19 bits per heavy atom. The molecule has 0 bridgehead atoms. The van der Waals surface area contributed by atoms with Crippen molar-refractivity contribution >= 4 is 34.9 Å². The maximum absolute atomic E-state index is 13.9. The lowest BCUT2D eigenvalue weighted by atomic mass is 9.80. The van der Waals surface area contributed by atoms with Crippen LogP contribution in [0, 0.1) is 5.82 Å². The number of ketones is 1. The minimum absolute atomic E-state index is 0.0323. The van der Waals surface area contributed by atoms with Gasteiger partial charge in [0, 0.05) is 13.7 Å². The Morgan fingerprint density at radius 3 is 2.65 bits per heavy atom. The van der Waals surface area contributed by atoms with E-state index in [2.05, 4.69) is 16.0 Å². The van der Waals surface area contributed by atoms with E-state index in [1.807, 2.05) is 0 Å². The highest BCUT2D eigenvalue weighted by atomic mass is 19.1. The van der Waals surface area contributed by atoms with Gasteiger partial charge in [0.05, 0.1) is 30.2 Å². The summed E-state index contributed by atoms with van der Waals surface area (Å²) in [6.45, 7) is 0.165. The second-order valence-electron chi connectivity index (χ2n) is 9.42. The number of piperidine rings is 1. The molecule has 37 heavy (non-hydrogen) atoms. The average Bonchev–Trinajstić information content (AvgIpc) is 3.41. The molecular weight excluding hydrogens is 483 g/mol. The molecule has 2 aromatic rings. The van der Waals surface area contributed by atoms with Crippen molar-refractivity contribution in [3.05, 3.63) is 48.2 Å². The Balaban J connectivity index is 1.43. The second-order valence-corrected chi connectivity index (χ2v) is 9.42. The third-order valence-corrected chi connectivity index (χ3v) is 6.82. The summed E-state index contributed by atoms with van der Waals surface area (Å²) in [6, 6.07) is 6.36. The minimum Gasteiger partial charge on any atom is -0.459 e. The van der Waals surface area contributed by atoms with Crippen molar-refractivity contribution < 1.29 is 32.7 Å². The number of methoxy groups -OCH3 is 1. The first-order valence-corrected chi connectivity index (χ1v) is 12.3. The van der Waals surface area contributed by atoms with Crippen LogP contribution in [-0.2, 0) is 19.1 Å². The predicted octanol–water partition coefficient (Wildman–Crippen LogP) is 2.40. The van der Waals surface area contributed by atoms with Gasteiger partial charge in [0.1, 0.15) is 18.0 Å². The summed E-state index contributed by atoms with van der Waals surface area (Å²) in [7, 11) is 1.38.